The minimum absolute atomic E-state index is 0.0546. The molecule has 4 nitrogen and oxygen atoms in total. The molecule has 0 unspecified atom stereocenters. The second kappa shape index (κ2) is 4.82. The van der Waals surface area contributed by atoms with Gasteiger partial charge in [0, 0.05) is 19.2 Å². The zero-order chi connectivity index (χ0) is 12.3. The standard InChI is InChI=1S/C13H14N2O2/c14-13(17)11-8-12(16)15(9-11)7-6-10-4-2-1-3-5-10/h1-7,11H,8-9H2,(H2,14,17)/t11-/m1/s1. The normalized spacial score (nSPS) is 20.1. The SMILES string of the molecule is NC(=O)[C@@H]1CC(=O)N(C=Cc2ccccc2)C1. The number of rotatable bonds is 3. The maximum Gasteiger partial charge on any atom is 0.227 e. The highest BCUT2D eigenvalue weighted by Crippen LogP contribution is 2.18. The van der Waals surface area contributed by atoms with E-state index in [2.05, 4.69) is 0 Å². The van der Waals surface area contributed by atoms with E-state index in [0.717, 1.165) is 5.56 Å². The van der Waals surface area contributed by atoms with Gasteiger partial charge in [-0.15, -0.1) is 0 Å². The molecule has 0 saturated carbocycles. The van der Waals surface area contributed by atoms with Crippen LogP contribution in [0.4, 0.5) is 0 Å². The van der Waals surface area contributed by atoms with Gasteiger partial charge in [-0.05, 0) is 11.6 Å². The predicted molar refractivity (Wildman–Crippen MR) is 64.5 cm³/mol. The minimum atomic E-state index is -0.408. The molecule has 4 heteroatoms. The van der Waals surface area contributed by atoms with Gasteiger partial charge in [-0.2, -0.15) is 0 Å². The number of carbonyl (C=O) groups excluding carboxylic acids is 2. The Labute approximate surface area is 99.7 Å². The lowest BCUT2D eigenvalue weighted by Crippen LogP contribution is -2.25. The van der Waals surface area contributed by atoms with E-state index in [1.807, 2.05) is 36.4 Å². The Morgan fingerprint density at radius 2 is 2.06 bits per heavy atom. The molecule has 1 heterocycles. The Kier molecular flexibility index (Phi) is 3.23. The van der Waals surface area contributed by atoms with Crippen LogP contribution in [0.2, 0.25) is 0 Å². The lowest BCUT2D eigenvalue weighted by atomic mass is 10.1. The van der Waals surface area contributed by atoms with Gasteiger partial charge in [0.05, 0.1) is 5.92 Å². The van der Waals surface area contributed by atoms with Crippen LogP contribution in [0.15, 0.2) is 36.5 Å². The van der Waals surface area contributed by atoms with Crippen LogP contribution in [-0.2, 0) is 9.59 Å². The fraction of sp³-hybridized carbons (Fsp3) is 0.231. The van der Waals surface area contributed by atoms with Crippen LogP contribution in [0, 0.1) is 5.92 Å². The van der Waals surface area contributed by atoms with Crippen molar-refractivity contribution in [2.75, 3.05) is 6.54 Å². The average Bonchev–Trinajstić information content (AvgIpc) is 2.70. The third-order valence-electron chi connectivity index (χ3n) is 2.81. The molecule has 1 aromatic rings. The van der Waals surface area contributed by atoms with E-state index >= 15 is 0 Å². The third kappa shape index (κ3) is 2.72. The van der Waals surface area contributed by atoms with Gasteiger partial charge in [0.25, 0.3) is 0 Å². The number of amides is 2. The van der Waals surface area contributed by atoms with Crippen LogP contribution in [0.1, 0.15) is 12.0 Å². The molecule has 0 spiro atoms. The molecule has 0 aliphatic carbocycles. The number of hydrogen-bond acceptors (Lipinski definition) is 2. The van der Waals surface area contributed by atoms with E-state index in [0.29, 0.717) is 6.54 Å². The van der Waals surface area contributed by atoms with E-state index in [4.69, 9.17) is 5.73 Å². The molecule has 1 aromatic carbocycles. The first-order valence-corrected chi connectivity index (χ1v) is 5.49. The summed E-state index contributed by atoms with van der Waals surface area (Å²) in [4.78, 5) is 24.1. The third-order valence-corrected chi connectivity index (χ3v) is 2.81. The van der Waals surface area contributed by atoms with Crippen molar-refractivity contribution in [2.45, 2.75) is 6.42 Å². The zero-order valence-electron chi connectivity index (χ0n) is 9.37. The van der Waals surface area contributed by atoms with E-state index in [-0.39, 0.29) is 18.2 Å². The summed E-state index contributed by atoms with van der Waals surface area (Å²) in [6.45, 7) is 0.386. The quantitative estimate of drug-likeness (QED) is 0.841. The van der Waals surface area contributed by atoms with Crippen LogP contribution in [0.5, 0.6) is 0 Å². The van der Waals surface area contributed by atoms with E-state index in [1.54, 1.807) is 11.1 Å². The second-order valence-electron chi connectivity index (χ2n) is 4.08. The lowest BCUT2D eigenvalue weighted by Gasteiger charge is -2.09. The summed E-state index contributed by atoms with van der Waals surface area (Å²) in [5.41, 5.74) is 6.20. The molecule has 0 bridgehead atoms. The fourth-order valence-corrected chi connectivity index (χ4v) is 1.81. The van der Waals surface area contributed by atoms with Crippen LogP contribution in [0.3, 0.4) is 0 Å². The maximum atomic E-state index is 11.6. The number of likely N-dealkylation sites (tertiary alicyclic amines) is 1. The topological polar surface area (TPSA) is 63.4 Å². The van der Waals surface area contributed by atoms with Crippen molar-refractivity contribution in [1.29, 1.82) is 0 Å². The van der Waals surface area contributed by atoms with Crippen molar-refractivity contribution >= 4 is 17.9 Å². The Bertz CT molecular complexity index is 454. The van der Waals surface area contributed by atoms with Crippen molar-refractivity contribution in [3.8, 4) is 0 Å². The van der Waals surface area contributed by atoms with Gasteiger partial charge in [-0.25, -0.2) is 0 Å². The minimum Gasteiger partial charge on any atom is -0.369 e. The first-order chi connectivity index (χ1) is 8.16. The maximum absolute atomic E-state index is 11.6. The lowest BCUT2D eigenvalue weighted by molar-refractivity contribution is -0.126. The number of benzene rings is 1. The van der Waals surface area contributed by atoms with Crippen LogP contribution >= 0.6 is 0 Å². The highest BCUT2D eigenvalue weighted by Gasteiger charge is 2.31. The molecule has 2 amide bonds. The molecule has 1 aliphatic rings. The van der Waals surface area contributed by atoms with Gasteiger partial charge in [-0.3, -0.25) is 9.59 Å². The van der Waals surface area contributed by atoms with Crippen LogP contribution < -0.4 is 5.73 Å². The summed E-state index contributed by atoms with van der Waals surface area (Å²) in [6, 6.07) is 9.68. The van der Waals surface area contributed by atoms with Gasteiger partial charge < -0.3 is 10.6 Å². The summed E-state index contributed by atoms with van der Waals surface area (Å²) in [6.07, 6.45) is 3.77. The number of primary amides is 1. The van der Waals surface area contributed by atoms with Gasteiger partial charge in [-0.1, -0.05) is 30.3 Å². The molecule has 2 N–H and O–H groups in total. The molecule has 1 atom stereocenters. The summed E-state index contributed by atoms with van der Waals surface area (Å²) in [5.74, 6) is -0.821. The largest absolute Gasteiger partial charge is 0.369 e. The Morgan fingerprint density at radius 3 is 2.65 bits per heavy atom. The molecular weight excluding hydrogens is 216 g/mol. The number of carbonyl (C=O) groups is 2. The average molecular weight is 230 g/mol. The van der Waals surface area contributed by atoms with E-state index in [1.165, 1.54) is 0 Å². The molecule has 1 aliphatic heterocycles. The molecule has 1 fully saturated rings. The fourth-order valence-electron chi connectivity index (χ4n) is 1.81. The molecular formula is C13H14N2O2. The molecule has 2 rings (SSSR count). The van der Waals surface area contributed by atoms with E-state index in [9.17, 15) is 9.59 Å². The summed E-state index contributed by atoms with van der Waals surface area (Å²) in [5, 5.41) is 0. The first-order valence-electron chi connectivity index (χ1n) is 5.49. The van der Waals surface area contributed by atoms with Crippen molar-refractivity contribution < 1.29 is 9.59 Å². The molecule has 1 saturated heterocycles. The van der Waals surface area contributed by atoms with Gasteiger partial charge in [0.15, 0.2) is 0 Å². The summed E-state index contributed by atoms with van der Waals surface area (Å²) < 4.78 is 0. The predicted octanol–water partition coefficient (Wildman–Crippen LogP) is 0.991. The van der Waals surface area contributed by atoms with Crippen molar-refractivity contribution in [1.82, 2.24) is 4.90 Å². The highest BCUT2D eigenvalue weighted by atomic mass is 16.2. The molecule has 0 radical (unpaired) electrons. The van der Waals surface area contributed by atoms with Crippen molar-refractivity contribution in [3.05, 3.63) is 42.1 Å². The number of hydrogen-bond donors (Lipinski definition) is 1. The Hall–Kier alpha value is -2.10. The molecule has 17 heavy (non-hydrogen) atoms. The number of nitrogens with zero attached hydrogens (tertiary/aromatic N) is 1. The Morgan fingerprint density at radius 1 is 1.35 bits per heavy atom. The van der Waals surface area contributed by atoms with Gasteiger partial charge >= 0.3 is 0 Å². The van der Waals surface area contributed by atoms with Gasteiger partial charge in [0.2, 0.25) is 11.8 Å². The monoisotopic (exact) mass is 230 g/mol. The zero-order valence-corrected chi connectivity index (χ0v) is 9.37. The number of nitrogens with two attached hydrogens (primary N) is 1. The van der Waals surface area contributed by atoms with Gasteiger partial charge in [0.1, 0.15) is 0 Å². The van der Waals surface area contributed by atoms with Crippen LogP contribution in [0.25, 0.3) is 6.08 Å². The molecule has 88 valence electrons. The first kappa shape index (κ1) is 11.4. The van der Waals surface area contributed by atoms with Crippen LogP contribution in [-0.4, -0.2) is 23.3 Å². The molecule has 0 aromatic heterocycles. The Balaban J connectivity index is 2.03. The highest BCUT2D eigenvalue weighted by molar-refractivity contribution is 5.89. The smallest absolute Gasteiger partial charge is 0.227 e. The summed E-state index contributed by atoms with van der Waals surface area (Å²) >= 11 is 0. The summed E-state index contributed by atoms with van der Waals surface area (Å²) in [7, 11) is 0. The van der Waals surface area contributed by atoms with Crippen molar-refractivity contribution in [2.24, 2.45) is 11.7 Å². The van der Waals surface area contributed by atoms with Crippen molar-refractivity contribution in [3.63, 3.8) is 0 Å². The second-order valence-corrected chi connectivity index (χ2v) is 4.08. The van der Waals surface area contributed by atoms with E-state index < -0.39 is 5.91 Å².